The van der Waals surface area contributed by atoms with Crippen LogP contribution in [0.4, 0.5) is 0 Å². The number of nitrogens with zero attached hydrogens (tertiary/aromatic N) is 1. The Bertz CT molecular complexity index is 1320. The maximum Gasteiger partial charge on any atom is 0.257 e. The lowest BCUT2D eigenvalue weighted by Crippen LogP contribution is -2.44. The van der Waals surface area contributed by atoms with Crippen molar-refractivity contribution >= 4 is 81.2 Å². The van der Waals surface area contributed by atoms with Gasteiger partial charge in [-0.1, -0.05) is 53.9 Å². The molecule has 0 aliphatic carbocycles. The van der Waals surface area contributed by atoms with Crippen molar-refractivity contribution in [2.24, 2.45) is 0 Å². The number of benzene rings is 3. The predicted octanol–water partition coefficient (Wildman–Crippen LogP) is 7.53. The van der Waals surface area contributed by atoms with E-state index >= 15 is 0 Å². The molecule has 0 spiro atoms. The van der Waals surface area contributed by atoms with Crippen molar-refractivity contribution < 1.29 is 14.7 Å². The van der Waals surface area contributed by atoms with Crippen LogP contribution in [0.25, 0.3) is 0 Å². The van der Waals surface area contributed by atoms with Gasteiger partial charge in [-0.2, -0.15) is 0 Å². The maximum atomic E-state index is 13.5. The van der Waals surface area contributed by atoms with Crippen LogP contribution in [0.15, 0.2) is 66.7 Å². The molecule has 0 saturated carbocycles. The Balaban J connectivity index is 1.72. The van der Waals surface area contributed by atoms with Crippen molar-refractivity contribution in [2.45, 2.75) is 19.2 Å². The quantitative estimate of drug-likeness (QED) is 0.128. The molecule has 172 valence electrons. The summed E-state index contributed by atoms with van der Waals surface area (Å²) in [5, 5.41) is 15.6. The van der Waals surface area contributed by atoms with Gasteiger partial charge in [-0.3, -0.25) is 14.5 Å². The van der Waals surface area contributed by atoms with Gasteiger partial charge >= 0.3 is 0 Å². The van der Waals surface area contributed by atoms with Gasteiger partial charge in [0.2, 0.25) is 0 Å². The third-order valence-electron chi connectivity index (χ3n) is 5.52. The average molecular weight is 732 g/mol. The van der Waals surface area contributed by atoms with Gasteiger partial charge < -0.3 is 5.11 Å². The Morgan fingerprint density at radius 1 is 1.12 bits per heavy atom. The zero-order valence-electron chi connectivity index (χ0n) is 17.8. The number of carbonyl (C=O) groups is 2. The van der Waals surface area contributed by atoms with Gasteiger partial charge in [-0.15, -0.1) is 0 Å². The largest absolute Gasteiger partial charge is 0.363 e. The van der Waals surface area contributed by atoms with E-state index in [2.05, 4.69) is 55.3 Å². The van der Waals surface area contributed by atoms with Gasteiger partial charge in [-0.25, -0.2) is 0 Å². The summed E-state index contributed by atoms with van der Waals surface area (Å²) in [4.78, 5) is 26.9. The van der Waals surface area contributed by atoms with E-state index in [0.717, 1.165) is 11.1 Å². The van der Waals surface area contributed by atoms with Crippen molar-refractivity contribution in [3.8, 4) is 11.2 Å². The summed E-state index contributed by atoms with van der Waals surface area (Å²) in [6.45, 7) is 1.63. The van der Waals surface area contributed by atoms with Crippen LogP contribution in [-0.4, -0.2) is 21.7 Å². The lowest BCUT2D eigenvalue weighted by atomic mass is 9.92. The molecular weight excluding hydrogens is 715 g/mol. The van der Waals surface area contributed by atoms with Gasteiger partial charge in [0.25, 0.3) is 5.91 Å². The highest BCUT2D eigenvalue weighted by atomic mass is 127. The molecule has 0 aromatic heterocycles. The first-order valence-electron chi connectivity index (χ1n) is 10.0. The summed E-state index contributed by atoms with van der Waals surface area (Å²) in [5.41, 5.74) is 1.75. The molecule has 0 radical (unpaired) electrons. The minimum atomic E-state index is -1.70. The Labute approximate surface area is 234 Å². The Kier molecular flexibility index (Phi) is 8.28. The number of hydrogen-bond acceptors (Lipinski definition) is 4. The minimum Gasteiger partial charge on any atom is -0.363 e. The summed E-state index contributed by atoms with van der Waals surface area (Å²) >= 11 is 12.4. The Hall–Kier alpha value is -1.15. The molecule has 1 N–H and O–H groups in total. The molecule has 1 amide bonds. The van der Waals surface area contributed by atoms with Crippen molar-refractivity contribution in [3.05, 3.63) is 105 Å². The lowest BCUT2D eigenvalue weighted by molar-refractivity contribution is -0.0542. The zero-order valence-corrected chi connectivity index (χ0v) is 24.5. The van der Waals surface area contributed by atoms with Crippen LogP contribution in [-0.2, 0) is 12.3 Å². The first kappa shape index (κ1) is 25.9. The van der Waals surface area contributed by atoms with Gasteiger partial charge in [0.1, 0.15) is 0 Å². The standard InChI is InChI=1S/C25H17ClI2NO3PS/c1-16(30)19-6-11-23-22(14-19)24(31)29(25(23,32)20-7-9-21(26)10-8-20)15-18-4-2-17(3-5-18)12-13-34-33(27)28/h2-11,14,32H,15H2,1H3. The molecule has 1 atom stereocenters. The number of halogens is 3. The average Bonchev–Trinajstić information content (AvgIpc) is 3.02. The molecular formula is C25H17ClI2NO3PS. The summed E-state index contributed by atoms with van der Waals surface area (Å²) in [6, 6.07) is 19.3. The number of carbonyl (C=O) groups excluding carboxylic acids is 2. The molecule has 3 aromatic carbocycles. The van der Waals surface area contributed by atoms with Crippen molar-refractivity contribution in [1.29, 1.82) is 0 Å². The van der Waals surface area contributed by atoms with Gasteiger partial charge in [0.05, 0.1) is 2.41 Å². The van der Waals surface area contributed by atoms with E-state index in [-0.39, 0.29) is 20.6 Å². The summed E-state index contributed by atoms with van der Waals surface area (Å²) in [5.74, 6) is 2.65. The molecule has 1 unspecified atom stereocenters. The second-order valence-electron chi connectivity index (χ2n) is 7.60. The van der Waals surface area contributed by atoms with Crippen LogP contribution >= 0.6 is 69.5 Å². The van der Waals surface area contributed by atoms with Crippen LogP contribution in [0.5, 0.6) is 0 Å². The molecule has 1 aliphatic rings. The molecule has 0 saturated heterocycles. The van der Waals surface area contributed by atoms with E-state index in [1.807, 2.05) is 24.3 Å². The molecule has 4 nitrogen and oxygen atoms in total. The molecule has 1 heterocycles. The van der Waals surface area contributed by atoms with Crippen LogP contribution in [0.3, 0.4) is 0 Å². The summed E-state index contributed by atoms with van der Waals surface area (Å²) < 4.78 is -0.200. The number of aliphatic hydroxyl groups is 1. The van der Waals surface area contributed by atoms with Crippen LogP contribution < -0.4 is 0 Å². The summed E-state index contributed by atoms with van der Waals surface area (Å²) in [7, 11) is 0. The lowest BCUT2D eigenvalue weighted by Gasteiger charge is -2.35. The van der Waals surface area contributed by atoms with Gasteiger partial charge in [-0.05, 0) is 104 Å². The Morgan fingerprint density at radius 3 is 2.41 bits per heavy atom. The second kappa shape index (κ2) is 10.9. The highest BCUT2D eigenvalue weighted by molar-refractivity contribution is 14.3. The van der Waals surface area contributed by atoms with E-state index in [0.29, 0.717) is 27.3 Å². The number of ketones is 1. The fourth-order valence-corrected chi connectivity index (χ4v) is 6.33. The SMILES string of the molecule is CC(=O)c1ccc2c(c1)C(=O)N(Cc1ccc(C#CSP(I)I)cc1)C2(O)c1ccc(Cl)cc1. The predicted molar refractivity (Wildman–Crippen MR) is 157 cm³/mol. The van der Waals surface area contributed by atoms with Crippen molar-refractivity contribution in [1.82, 2.24) is 4.90 Å². The van der Waals surface area contributed by atoms with Crippen LogP contribution in [0, 0.1) is 11.2 Å². The van der Waals surface area contributed by atoms with Crippen molar-refractivity contribution in [2.75, 3.05) is 0 Å². The van der Waals surface area contributed by atoms with Gasteiger partial charge in [0.15, 0.2) is 11.5 Å². The zero-order chi connectivity index (χ0) is 24.5. The fraction of sp³-hybridized carbons (Fsp3) is 0.120. The number of amides is 1. The third kappa shape index (κ3) is 5.32. The number of Topliss-reactive ketones (excluding diaryl/α,β-unsaturated/α-hetero) is 1. The maximum absolute atomic E-state index is 13.5. The van der Waals surface area contributed by atoms with E-state index in [9.17, 15) is 14.7 Å². The molecule has 34 heavy (non-hydrogen) atoms. The van der Waals surface area contributed by atoms with E-state index in [4.69, 9.17) is 11.6 Å². The Morgan fingerprint density at radius 2 is 1.79 bits per heavy atom. The second-order valence-corrected chi connectivity index (χ2v) is 25.7. The summed E-state index contributed by atoms with van der Waals surface area (Å²) in [6.07, 6.45) is 0. The first-order valence-corrected chi connectivity index (χ1v) is 18.8. The molecule has 1 aliphatic heterocycles. The van der Waals surface area contributed by atoms with E-state index in [1.54, 1.807) is 53.8 Å². The number of hydrogen-bond donors (Lipinski definition) is 1. The first-order chi connectivity index (χ1) is 16.2. The molecule has 9 heteroatoms. The highest BCUT2D eigenvalue weighted by Crippen LogP contribution is 2.64. The molecule has 3 aromatic rings. The normalized spacial score (nSPS) is 16.9. The monoisotopic (exact) mass is 731 g/mol. The fourth-order valence-electron chi connectivity index (χ4n) is 3.85. The van der Waals surface area contributed by atoms with Gasteiger partial charge in [0, 0.05) is 39.4 Å². The highest BCUT2D eigenvalue weighted by Gasteiger charge is 2.49. The smallest absolute Gasteiger partial charge is 0.257 e. The molecule has 0 fully saturated rings. The number of rotatable bonds is 5. The van der Waals surface area contributed by atoms with Crippen LogP contribution in [0.1, 0.15) is 49.9 Å². The molecule has 4 rings (SSSR count). The molecule has 0 bridgehead atoms. The minimum absolute atomic E-state index is 0.142. The topological polar surface area (TPSA) is 57.6 Å². The van der Waals surface area contributed by atoms with E-state index < -0.39 is 5.72 Å². The van der Waals surface area contributed by atoms with Crippen LogP contribution in [0.2, 0.25) is 5.02 Å². The van der Waals surface area contributed by atoms with Crippen molar-refractivity contribution in [3.63, 3.8) is 0 Å². The van der Waals surface area contributed by atoms with E-state index in [1.165, 1.54) is 11.8 Å². The third-order valence-corrected chi connectivity index (χ3v) is 10.3. The number of fused-ring (bicyclic) bond motifs is 1.